The molecular formula is C23H20F2N6O. The predicted octanol–water partition coefficient (Wildman–Crippen LogP) is 4.16. The molecule has 0 fully saturated rings. The number of aryl methyl sites for hydroxylation is 2. The Morgan fingerprint density at radius 2 is 2.00 bits per heavy atom. The number of aromatic nitrogens is 6. The van der Waals surface area contributed by atoms with Gasteiger partial charge >= 0.3 is 0 Å². The van der Waals surface area contributed by atoms with Crippen molar-refractivity contribution in [2.45, 2.75) is 25.8 Å². The van der Waals surface area contributed by atoms with Crippen LogP contribution in [0, 0.1) is 18.6 Å². The summed E-state index contributed by atoms with van der Waals surface area (Å²) in [5.74, 6) is -0.421. The molecule has 0 unspecified atom stereocenters. The molecule has 5 rings (SSSR count). The molecule has 4 heterocycles. The molecule has 0 saturated carbocycles. The number of methoxy groups -OCH3 is 1. The van der Waals surface area contributed by atoms with Crippen LogP contribution >= 0.6 is 0 Å². The second kappa shape index (κ2) is 7.99. The van der Waals surface area contributed by atoms with E-state index < -0.39 is 11.6 Å². The molecule has 0 aliphatic carbocycles. The largest absolute Gasteiger partial charge is 0.479 e. The maximum absolute atomic E-state index is 14.3. The highest BCUT2D eigenvalue weighted by molar-refractivity contribution is 5.65. The lowest BCUT2D eigenvalue weighted by Crippen LogP contribution is -2.03. The molecule has 1 aromatic carbocycles. The van der Waals surface area contributed by atoms with Crippen molar-refractivity contribution < 1.29 is 13.5 Å². The molecule has 162 valence electrons. The van der Waals surface area contributed by atoms with Crippen LogP contribution in [0.4, 0.5) is 8.78 Å². The Kier molecular flexibility index (Phi) is 5.01. The number of fused-ring (bicyclic) bond motifs is 1. The first-order valence-electron chi connectivity index (χ1n) is 10.2. The van der Waals surface area contributed by atoms with Crippen molar-refractivity contribution in [1.29, 1.82) is 0 Å². The van der Waals surface area contributed by atoms with E-state index in [-0.39, 0.29) is 5.92 Å². The summed E-state index contributed by atoms with van der Waals surface area (Å²) in [6.07, 6.45) is 7.76. The Morgan fingerprint density at radius 1 is 1.12 bits per heavy atom. The lowest BCUT2D eigenvalue weighted by atomic mass is 9.96. The van der Waals surface area contributed by atoms with Crippen LogP contribution < -0.4 is 4.74 Å². The van der Waals surface area contributed by atoms with Crippen LogP contribution in [0.25, 0.3) is 17.8 Å². The first-order chi connectivity index (χ1) is 15.5. The smallest absolute Gasteiger partial charge is 0.238 e. The van der Waals surface area contributed by atoms with Gasteiger partial charge in [0.1, 0.15) is 11.5 Å². The lowest BCUT2D eigenvalue weighted by Gasteiger charge is -2.09. The average molecular weight is 434 g/mol. The van der Waals surface area contributed by atoms with Crippen LogP contribution in [0.5, 0.6) is 5.88 Å². The highest BCUT2D eigenvalue weighted by Gasteiger charge is 2.30. The number of hydrogen-bond donors (Lipinski definition) is 0. The van der Waals surface area contributed by atoms with Gasteiger partial charge in [-0.3, -0.25) is 0 Å². The summed E-state index contributed by atoms with van der Waals surface area (Å²) in [5.41, 5.74) is 2.66. The summed E-state index contributed by atoms with van der Waals surface area (Å²) < 4.78 is 37.0. The number of pyridine rings is 1. The zero-order chi connectivity index (χ0) is 22.2. The highest BCUT2D eigenvalue weighted by Crippen LogP contribution is 2.34. The van der Waals surface area contributed by atoms with Crippen molar-refractivity contribution in [2.24, 2.45) is 0 Å². The van der Waals surface area contributed by atoms with Gasteiger partial charge < -0.3 is 9.30 Å². The van der Waals surface area contributed by atoms with Gasteiger partial charge in [-0.1, -0.05) is 12.1 Å². The summed E-state index contributed by atoms with van der Waals surface area (Å²) in [5, 5.41) is 4.48. The van der Waals surface area contributed by atoms with Crippen LogP contribution in [0.1, 0.15) is 40.9 Å². The third-order valence-electron chi connectivity index (χ3n) is 5.46. The number of benzene rings is 1. The van der Waals surface area contributed by atoms with E-state index in [2.05, 4.69) is 20.1 Å². The summed E-state index contributed by atoms with van der Waals surface area (Å²) in [7, 11) is 1.57. The summed E-state index contributed by atoms with van der Waals surface area (Å²) in [4.78, 5) is 13.3. The van der Waals surface area contributed by atoms with E-state index in [0.717, 1.165) is 17.4 Å². The first kappa shape index (κ1) is 20.0. The van der Waals surface area contributed by atoms with Crippen molar-refractivity contribution >= 4 is 12.2 Å². The number of halogens is 2. The standard InChI is InChI=1S/C23H20F2N6O/c1-14-12-30(13-26-14)19-8-6-15(27-23(19)32-2)7-9-20-28-22-17(10-11-31(22)29-20)16-4-3-5-18(24)21(16)25/h3-9,12-13,17H,10-11H2,1-2H3/t17-/m1/s1. The average Bonchev–Trinajstić information content (AvgIpc) is 3.50. The Morgan fingerprint density at radius 3 is 2.78 bits per heavy atom. The second-order valence-corrected chi connectivity index (χ2v) is 7.56. The highest BCUT2D eigenvalue weighted by atomic mass is 19.2. The van der Waals surface area contributed by atoms with Gasteiger partial charge in [0, 0.05) is 24.2 Å². The van der Waals surface area contributed by atoms with Crippen LogP contribution in [0.2, 0.25) is 0 Å². The van der Waals surface area contributed by atoms with Crippen molar-refractivity contribution in [3.05, 3.63) is 83.1 Å². The molecule has 1 aliphatic heterocycles. The fourth-order valence-corrected chi connectivity index (χ4v) is 3.93. The Balaban J connectivity index is 1.40. The molecule has 0 bridgehead atoms. The first-order valence-corrected chi connectivity index (χ1v) is 10.2. The number of rotatable bonds is 5. The van der Waals surface area contributed by atoms with E-state index >= 15 is 0 Å². The molecule has 3 aromatic heterocycles. The quantitative estimate of drug-likeness (QED) is 0.472. The van der Waals surface area contributed by atoms with Gasteiger partial charge in [-0.2, -0.15) is 5.10 Å². The molecule has 7 nitrogen and oxygen atoms in total. The number of imidazole rings is 1. The fraction of sp³-hybridized carbons (Fsp3) is 0.217. The Labute approximate surface area is 183 Å². The van der Waals surface area contributed by atoms with Crippen molar-refractivity contribution in [2.75, 3.05) is 7.11 Å². The molecule has 0 amide bonds. The Hall–Kier alpha value is -3.88. The van der Waals surface area contributed by atoms with E-state index in [1.807, 2.05) is 29.8 Å². The minimum Gasteiger partial charge on any atom is -0.479 e. The molecular weight excluding hydrogens is 414 g/mol. The molecule has 0 spiro atoms. The lowest BCUT2D eigenvalue weighted by molar-refractivity contribution is 0.395. The van der Waals surface area contributed by atoms with Gasteiger partial charge in [0.15, 0.2) is 17.5 Å². The molecule has 0 N–H and O–H groups in total. The molecule has 9 heteroatoms. The minimum atomic E-state index is -0.852. The van der Waals surface area contributed by atoms with E-state index in [1.165, 1.54) is 6.07 Å². The van der Waals surface area contributed by atoms with Gasteiger partial charge in [0.2, 0.25) is 5.88 Å². The van der Waals surface area contributed by atoms with Gasteiger partial charge in [-0.15, -0.1) is 0 Å². The van der Waals surface area contributed by atoms with Crippen LogP contribution in [0.3, 0.4) is 0 Å². The van der Waals surface area contributed by atoms with Crippen LogP contribution in [-0.4, -0.2) is 36.4 Å². The predicted molar refractivity (Wildman–Crippen MR) is 114 cm³/mol. The summed E-state index contributed by atoms with van der Waals surface area (Å²) in [6, 6.07) is 7.99. The van der Waals surface area contributed by atoms with Gasteiger partial charge in [-0.05, 0) is 43.7 Å². The zero-order valence-electron chi connectivity index (χ0n) is 17.5. The van der Waals surface area contributed by atoms with Gasteiger partial charge in [-0.25, -0.2) is 28.4 Å². The van der Waals surface area contributed by atoms with E-state index in [9.17, 15) is 8.78 Å². The topological polar surface area (TPSA) is 70.7 Å². The molecule has 0 saturated heterocycles. The van der Waals surface area contributed by atoms with E-state index in [0.29, 0.717) is 41.8 Å². The molecule has 4 aromatic rings. The molecule has 1 atom stereocenters. The summed E-state index contributed by atoms with van der Waals surface area (Å²) in [6.45, 7) is 2.51. The number of ether oxygens (including phenoxy) is 1. The third-order valence-corrected chi connectivity index (χ3v) is 5.46. The molecule has 32 heavy (non-hydrogen) atoms. The van der Waals surface area contributed by atoms with E-state index in [1.54, 1.807) is 36.3 Å². The van der Waals surface area contributed by atoms with Crippen molar-refractivity contribution in [3.8, 4) is 11.6 Å². The molecule has 0 radical (unpaired) electrons. The van der Waals surface area contributed by atoms with Gasteiger partial charge in [0.25, 0.3) is 0 Å². The molecule has 1 aliphatic rings. The van der Waals surface area contributed by atoms with Gasteiger partial charge in [0.05, 0.1) is 24.8 Å². The number of nitrogens with zero attached hydrogens (tertiary/aromatic N) is 6. The second-order valence-electron chi connectivity index (χ2n) is 7.56. The third kappa shape index (κ3) is 3.55. The van der Waals surface area contributed by atoms with E-state index in [4.69, 9.17) is 4.74 Å². The maximum atomic E-state index is 14.3. The Bertz CT molecular complexity index is 1330. The number of hydrogen-bond acceptors (Lipinski definition) is 5. The maximum Gasteiger partial charge on any atom is 0.238 e. The summed E-state index contributed by atoms with van der Waals surface area (Å²) >= 11 is 0. The van der Waals surface area contributed by atoms with Crippen LogP contribution in [-0.2, 0) is 6.54 Å². The van der Waals surface area contributed by atoms with Crippen molar-refractivity contribution in [1.82, 2.24) is 29.3 Å². The van der Waals surface area contributed by atoms with Crippen molar-refractivity contribution in [3.63, 3.8) is 0 Å². The normalized spacial score (nSPS) is 15.4. The monoisotopic (exact) mass is 434 g/mol. The fourth-order valence-electron chi connectivity index (χ4n) is 3.93. The van der Waals surface area contributed by atoms with Crippen LogP contribution in [0.15, 0.2) is 42.9 Å². The minimum absolute atomic E-state index is 0.309. The zero-order valence-corrected chi connectivity index (χ0v) is 17.5. The SMILES string of the molecule is COc1nc(C=Cc2nc3n(n2)CC[C@@H]3c2cccc(F)c2F)ccc1-n1cnc(C)c1.